The molecular formula is C18H22NO2+. The van der Waals surface area contributed by atoms with Crippen molar-refractivity contribution in [3.8, 4) is 0 Å². The minimum absolute atomic E-state index is 0.0180. The summed E-state index contributed by atoms with van der Waals surface area (Å²) in [4.78, 5) is 26.1. The van der Waals surface area contributed by atoms with Crippen LogP contribution in [0, 0.1) is 0 Å². The van der Waals surface area contributed by atoms with Gasteiger partial charge in [-0.25, -0.2) is 9.59 Å². The zero-order valence-corrected chi connectivity index (χ0v) is 12.8. The lowest BCUT2D eigenvalue weighted by Crippen LogP contribution is -2.62. The second kappa shape index (κ2) is 5.23. The fraction of sp³-hybridized carbons (Fsp3) is 0.444. The van der Waals surface area contributed by atoms with Crippen LogP contribution in [0.3, 0.4) is 0 Å². The third-order valence-electron chi connectivity index (χ3n) is 5.13. The number of carbonyl (C=O) groups excluding carboxylic acids is 2. The van der Waals surface area contributed by atoms with Gasteiger partial charge < -0.3 is 0 Å². The molecule has 3 rings (SSSR count). The van der Waals surface area contributed by atoms with Gasteiger partial charge in [0.2, 0.25) is 0 Å². The molecule has 0 N–H and O–H groups in total. The van der Waals surface area contributed by atoms with Gasteiger partial charge in [0, 0.05) is 25.0 Å². The summed E-state index contributed by atoms with van der Waals surface area (Å²) in [6.45, 7) is 3.59. The molecule has 0 aromatic heterocycles. The van der Waals surface area contributed by atoms with Crippen LogP contribution in [0.1, 0.15) is 46.0 Å². The predicted octanol–water partition coefficient (Wildman–Crippen LogP) is 3.73. The predicted molar refractivity (Wildman–Crippen MR) is 83.5 cm³/mol. The van der Waals surface area contributed by atoms with Gasteiger partial charge in [-0.3, -0.25) is 0 Å². The zero-order chi connectivity index (χ0) is 15.0. The highest BCUT2D eigenvalue weighted by atomic mass is 16.2. The van der Waals surface area contributed by atoms with Crippen LogP contribution in [0.5, 0.6) is 0 Å². The number of rotatable bonds is 2. The molecule has 2 amide bonds. The van der Waals surface area contributed by atoms with Gasteiger partial charge in [0.25, 0.3) is 0 Å². The van der Waals surface area contributed by atoms with Gasteiger partial charge in [0.05, 0.1) is 11.1 Å². The zero-order valence-electron chi connectivity index (χ0n) is 12.8. The molecule has 110 valence electrons. The summed E-state index contributed by atoms with van der Waals surface area (Å²) in [6.07, 6.45) is 5.32. The number of imide groups is 1. The third-order valence-corrected chi connectivity index (χ3v) is 5.13. The molecule has 1 aliphatic carbocycles. The molecule has 21 heavy (non-hydrogen) atoms. The smallest absolute Gasteiger partial charge is 0.225 e. The number of benzene rings is 1. The van der Waals surface area contributed by atoms with E-state index in [2.05, 4.69) is 0 Å². The van der Waals surface area contributed by atoms with Crippen LogP contribution in [0.25, 0.3) is 0 Å². The van der Waals surface area contributed by atoms with E-state index in [4.69, 9.17) is 0 Å². The first-order valence-corrected chi connectivity index (χ1v) is 7.81. The van der Waals surface area contributed by atoms with Gasteiger partial charge in [-0.2, -0.15) is 4.48 Å². The normalized spacial score (nSPS) is 23.0. The maximum absolute atomic E-state index is 13.0. The summed E-state index contributed by atoms with van der Waals surface area (Å²) >= 11 is 0. The van der Waals surface area contributed by atoms with Crippen molar-refractivity contribution in [2.24, 2.45) is 0 Å². The molecule has 1 aromatic rings. The van der Waals surface area contributed by atoms with Crippen LogP contribution in [0.15, 0.2) is 41.5 Å². The Kier molecular flexibility index (Phi) is 3.54. The van der Waals surface area contributed by atoms with E-state index in [9.17, 15) is 9.59 Å². The van der Waals surface area contributed by atoms with Gasteiger partial charge in [-0.05, 0) is 26.7 Å². The number of carbonyl (C=O) groups is 2. The topological polar surface area (TPSA) is 34.1 Å². The van der Waals surface area contributed by atoms with Crippen molar-refractivity contribution in [2.45, 2.75) is 52.0 Å². The van der Waals surface area contributed by atoms with E-state index in [-0.39, 0.29) is 22.3 Å². The first-order chi connectivity index (χ1) is 10.1. The summed E-state index contributed by atoms with van der Waals surface area (Å²) in [6, 6.07) is 9.71. The van der Waals surface area contributed by atoms with Gasteiger partial charge in [-0.1, -0.05) is 24.6 Å². The van der Waals surface area contributed by atoms with E-state index in [0.717, 1.165) is 31.4 Å². The Hall–Kier alpha value is -1.74. The standard InChI is InChI=1S/C18H22NO2/c1-13-14(2)18(21)19(17(13)20,15-9-5-3-6-10-15)16-11-7-4-8-12-16/h3,5-6,9-10,16H,4,7-8,11-12H2,1-2H3/q+1. The Morgan fingerprint density at radius 1 is 0.857 bits per heavy atom. The molecule has 0 radical (unpaired) electrons. The second-order valence-electron chi connectivity index (χ2n) is 6.21. The Bertz CT molecular complexity index is 585. The lowest BCUT2D eigenvalue weighted by molar-refractivity contribution is -0.140. The van der Waals surface area contributed by atoms with Crippen molar-refractivity contribution in [3.63, 3.8) is 0 Å². The van der Waals surface area contributed by atoms with Crippen LogP contribution in [-0.4, -0.2) is 17.9 Å². The van der Waals surface area contributed by atoms with E-state index >= 15 is 0 Å². The van der Waals surface area contributed by atoms with Crippen LogP contribution in [0.2, 0.25) is 0 Å². The molecule has 0 saturated heterocycles. The number of para-hydroxylation sites is 1. The minimum Gasteiger partial charge on any atom is -0.225 e. The molecule has 1 fully saturated rings. The van der Waals surface area contributed by atoms with E-state index < -0.39 is 0 Å². The molecular weight excluding hydrogens is 262 g/mol. The molecule has 3 heteroatoms. The van der Waals surface area contributed by atoms with Gasteiger partial charge in [0.15, 0.2) is 0 Å². The SMILES string of the molecule is CC1=C(C)C(=O)[N+](c2ccccc2)(C2CCCCC2)C1=O. The summed E-state index contributed by atoms with van der Waals surface area (Å²) < 4.78 is -0.0987. The first-order valence-electron chi connectivity index (χ1n) is 7.81. The van der Waals surface area contributed by atoms with Gasteiger partial charge in [0.1, 0.15) is 11.7 Å². The van der Waals surface area contributed by atoms with E-state index in [0.29, 0.717) is 11.1 Å². The van der Waals surface area contributed by atoms with Crippen LogP contribution in [0.4, 0.5) is 5.69 Å². The number of quaternary nitrogens is 1. The average molecular weight is 284 g/mol. The highest BCUT2D eigenvalue weighted by Gasteiger charge is 2.58. The van der Waals surface area contributed by atoms with Crippen molar-refractivity contribution in [3.05, 3.63) is 41.5 Å². The lowest BCUT2D eigenvalue weighted by Gasteiger charge is -2.38. The van der Waals surface area contributed by atoms with Crippen molar-refractivity contribution in [2.75, 3.05) is 0 Å². The number of nitrogens with zero attached hydrogens (tertiary/aromatic N) is 1. The molecule has 0 unspecified atom stereocenters. The summed E-state index contributed by atoms with van der Waals surface area (Å²) in [5.41, 5.74) is 2.10. The average Bonchev–Trinajstić information content (AvgIpc) is 2.71. The number of hydrogen-bond acceptors (Lipinski definition) is 2. The molecule has 0 bridgehead atoms. The van der Waals surface area contributed by atoms with Gasteiger partial charge in [-0.15, -0.1) is 0 Å². The molecule has 2 aliphatic rings. The fourth-order valence-corrected chi connectivity index (χ4v) is 3.85. The second-order valence-corrected chi connectivity index (χ2v) is 6.21. The van der Waals surface area contributed by atoms with Crippen molar-refractivity contribution in [1.29, 1.82) is 0 Å². The largest absolute Gasteiger partial charge is 0.355 e. The first kappa shape index (κ1) is 14.2. The lowest BCUT2D eigenvalue weighted by atomic mass is 9.91. The van der Waals surface area contributed by atoms with E-state index in [1.807, 2.05) is 30.3 Å². The fourth-order valence-electron chi connectivity index (χ4n) is 3.85. The highest BCUT2D eigenvalue weighted by molar-refractivity contribution is 6.28. The minimum atomic E-state index is -0.0987. The summed E-state index contributed by atoms with van der Waals surface area (Å²) in [7, 11) is 0. The molecule has 1 aliphatic heterocycles. The van der Waals surface area contributed by atoms with Crippen LogP contribution < -0.4 is 4.48 Å². The van der Waals surface area contributed by atoms with E-state index in [1.165, 1.54) is 6.42 Å². The maximum Gasteiger partial charge on any atom is 0.355 e. The maximum atomic E-state index is 13.0. The number of amides is 2. The monoisotopic (exact) mass is 284 g/mol. The molecule has 1 saturated carbocycles. The molecule has 0 atom stereocenters. The summed E-state index contributed by atoms with van der Waals surface area (Å²) in [5, 5.41) is 0. The van der Waals surface area contributed by atoms with Crippen molar-refractivity contribution in [1.82, 2.24) is 4.48 Å². The third kappa shape index (κ3) is 1.91. The Morgan fingerprint density at radius 3 is 1.90 bits per heavy atom. The molecule has 1 heterocycles. The van der Waals surface area contributed by atoms with Crippen LogP contribution in [-0.2, 0) is 9.59 Å². The summed E-state index contributed by atoms with van der Waals surface area (Å²) in [5.74, 6) is -0.0359. The van der Waals surface area contributed by atoms with Gasteiger partial charge >= 0.3 is 11.8 Å². The van der Waals surface area contributed by atoms with Crippen molar-refractivity contribution < 1.29 is 9.59 Å². The molecule has 1 aromatic carbocycles. The molecule has 3 nitrogen and oxygen atoms in total. The molecule has 0 spiro atoms. The van der Waals surface area contributed by atoms with Crippen molar-refractivity contribution >= 4 is 17.5 Å². The Labute approximate surface area is 125 Å². The Balaban J connectivity index is 2.17. The van der Waals surface area contributed by atoms with E-state index in [1.54, 1.807) is 13.8 Å². The quantitative estimate of drug-likeness (QED) is 0.612. The van der Waals surface area contributed by atoms with Crippen LogP contribution >= 0.6 is 0 Å². The Morgan fingerprint density at radius 2 is 1.38 bits per heavy atom. The number of hydrogen-bond donors (Lipinski definition) is 0. The highest BCUT2D eigenvalue weighted by Crippen LogP contribution is 2.41.